The minimum Gasteiger partial charge on any atom is -1.00 e. The van der Waals surface area contributed by atoms with Crippen LogP contribution in [0.2, 0.25) is 0 Å². The predicted molar refractivity (Wildman–Crippen MR) is 64.9 cm³/mol. The molecule has 1 unspecified atom stereocenters. The van der Waals surface area contributed by atoms with Gasteiger partial charge in [-0.25, -0.2) is 4.79 Å². The van der Waals surface area contributed by atoms with E-state index in [4.69, 9.17) is 14.9 Å². The van der Waals surface area contributed by atoms with Crippen LogP contribution >= 0.6 is 20.2 Å². The van der Waals surface area contributed by atoms with Crippen LogP contribution in [0.4, 0.5) is 0 Å². The Hall–Kier alpha value is 0.180. The molecule has 7 nitrogen and oxygen atoms in total. The van der Waals surface area contributed by atoms with E-state index < -0.39 is 25.3 Å². The second-order valence-corrected chi connectivity index (χ2v) is 6.80. The lowest BCUT2D eigenvalue weighted by atomic mass is 10.2. The summed E-state index contributed by atoms with van der Waals surface area (Å²) in [7, 11) is -1.60. The van der Waals surface area contributed by atoms with Crippen molar-refractivity contribution in [2.75, 3.05) is 32.9 Å². The van der Waals surface area contributed by atoms with Gasteiger partial charge in [-0.05, 0) is 0 Å². The van der Waals surface area contributed by atoms with Crippen molar-refractivity contribution in [3.05, 3.63) is 0 Å². The van der Waals surface area contributed by atoms with Crippen LogP contribution in [-0.4, -0.2) is 68.7 Å². The van der Waals surface area contributed by atoms with Gasteiger partial charge in [0.2, 0.25) is 0 Å². The number of carbonyl (C=O) groups is 1. The van der Waals surface area contributed by atoms with Gasteiger partial charge in [-0.15, -0.1) is 0 Å². The monoisotopic (exact) mass is 323 g/mol. The van der Waals surface area contributed by atoms with Crippen LogP contribution < -0.4 is 12.4 Å². The lowest BCUT2D eigenvalue weighted by Gasteiger charge is -2.32. The Bertz CT molecular complexity index is 336. The molecule has 0 rings (SSSR count). The highest BCUT2D eigenvalue weighted by Crippen LogP contribution is 2.51. The Morgan fingerprint density at radius 2 is 1.78 bits per heavy atom. The van der Waals surface area contributed by atoms with Crippen molar-refractivity contribution in [2.24, 2.45) is 0 Å². The molecule has 0 fully saturated rings. The van der Waals surface area contributed by atoms with Gasteiger partial charge in [-0.1, -0.05) is 0 Å². The van der Waals surface area contributed by atoms with Crippen molar-refractivity contribution in [3.8, 4) is 0 Å². The molecule has 10 heteroatoms. The Morgan fingerprint density at radius 3 is 2.06 bits per heavy atom. The molecule has 18 heavy (non-hydrogen) atoms. The summed E-state index contributed by atoms with van der Waals surface area (Å²) in [4.78, 5) is 28.6. The zero-order valence-corrected chi connectivity index (χ0v) is 12.7. The maximum absolute atomic E-state index is 11.0. The van der Waals surface area contributed by atoms with Gasteiger partial charge in [0.1, 0.15) is 0 Å². The van der Waals surface area contributed by atoms with E-state index in [1.54, 1.807) is 14.1 Å². The molecule has 0 heterocycles. The number of nitrogens with zero attached hydrogens (tertiary/aromatic N) is 1. The highest BCUT2D eigenvalue weighted by molar-refractivity contribution is 7.80. The van der Waals surface area contributed by atoms with E-state index in [1.165, 1.54) is 0 Å². The first-order valence-corrected chi connectivity index (χ1v) is 7.15. The number of carboxylic acids is 1. The van der Waals surface area contributed by atoms with Crippen molar-refractivity contribution in [1.29, 1.82) is 0 Å². The average molecular weight is 324 g/mol. The lowest BCUT2D eigenvalue weighted by molar-refractivity contribution is -0.888. The number of rotatable bonds is 7. The summed E-state index contributed by atoms with van der Waals surface area (Å²) in [5, 5.41) is 15.3. The fourth-order valence-electron chi connectivity index (χ4n) is 1.22. The molecule has 4 N–H and O–H groups in total. The summed E-state index contributed by atoms with van der Waals surface area (Å²) in [6, 6.07) is 0. The molecule has 0 saturated carbocycles. The van der Waals surface area contributed by atoms with Crippen LogP contribution in [-0.2, 0) is 9.36 Å². The number of thiol groups is 1. The highest BCUT2D eigenvalue weighted by Gasteiger charge is 2.53. The third-order valence-electron chi connectivity index (χ3n) is 2.60. The fraction of sp³-hybridized carbons (Fsp3) is 0.875. The first-order valence-electron chi connectivity index (χ1n) is 4.90. The Morgan fingerprint density at radius 1 is 1.33 bits per heavy atom. The van der Waals surface area contributed by atoms with E-state index in [0.29, 0.717) is 16.8 Å². The number of hydrogen-bond donors (Lipinski definition) is 5. The van der Waals surface area contributed by atoms with Crippen LogP contribution in [0.25, 0.3) is 0 Å². The highest BCUT2D eigenvalue weighted by atomic mass is 35.5. The number of halogens is 1. The SMILES string of the molecule is C[N+](C)(CCS)CCC(O)(C(=O)O)P(=O)(O)O.[Cl-]. The number of hydrogen-bond acceptors (Lipinski definition) is 4. The van der Waals surface area contributed by atoms with Gasteiger partial charge in [0, 0.05) is 12.2 Å². The van der Waals surface area contributed by atoms with Crippen molar-refractivity contribution in [2.45, 2.75) is 11.8 Å². The molecule has 0 aliphatic heterocycles. The smallest absolute Gasteiger partial charge is 0.368 e. The summed E-state index contributed by atoms with van der Waals surface area (Å²) in [5.41, 5.74) is 0. The Kier molecular flexibility index (Phi) is 8.08. The lowest BCUT2D eigenvalue weighted by Crippen LogP contribution is -3.00. The molecule has 0 aromatic carbocycles. The van der Waals surface area contributed by atoms with Gasteiger partial charge in [-0.2, -0.15) is 12.6 Å². The second kappa shape index (κ2) is 7.09. The third-order valence-corrected chi connectivity index (χ3v) is 4.17. The predicted octanol–water partition coefficient (Wildman–Crippen LogP) is -3.66. The molecule has 0 aliphatic carbocycles. The average Bonchev–Trinajstić information content (AvgIpc) is 2.12. The summed E-state index contributed by atoms with van der Waals surface area (Å²) >= 11 is 4.03. The van der Waals surface area contributed by atoms with E-state index in [1.807, 2.05) is 0 Å². The van der Waals surface area contributed by atoms with Crippen LogP contribution in [0, 0.1) is 0 Å². The largest absolute Gasteiger partial charge is 1.00 e. The molecule has 0 aromatic heterocycles. The molecular formula is C8H19ClNO6PS. The topological polar surface area (TPSA) is 115 Å². The van der Waals surface area contributed by atoms with E-state index in [0.717, 1.165) is 0 Å². The molecule has 0 amide bonds. The van der Waals surface area contributed by atoms with Crippen LogP contribution in [0.1, 0.15) is 6.42 Å². The van der Waals surface area contributed by atoms with Crippen molar-refractivity contribution in [3.63, 3.8) is 0 Å². The van der Waals surface area contributed by atoms with E-state index >= 15 is 0 Å². The summed E-state index contributed by atoms with van der Waals surface area (Å²) in [6.07, 6.45) is -0.520. The van der Waals surface area contributed by atoms with E-state index in [-0.39, 0.29) is 19.0 Å². The quantitative estimate of drug-likeness (QED) is 0.187. The number of aliphatic carboxylic acids is 1. The summed E-state index contributed by atoms with van der Waals surface area (Å²) in [6.45, 7) is 0.717. The maximum Gasteiger partial charge on any atom is 0.368 e. The van der Waals surface area contributed by atoms with E-state index in [2.05, 4.69) is 12.6 Å². The molecule has 110 valence electrons. The van der Waals surface area contributed by atoms with Gasteiger partial charge in [0.15, 0.2) is 0 Å². The molecular weight excluding hydrogens is 305 g/mol. The molecule has 0 aromatic rings. The molecule has 0 aliphatic rings. The standard InChI is InChI=1S/C8H18NO6PS.ClH/c1-9(2,5-6-17)4-3-8(12,7(10)11)16(13,14)15;/h12H,3-6H2,1-2H3,(H3-,10,11,13,14,15,17);1H. The van der Waals surface area contributed by atoms with Crippen LogP contribution in [0.15, 0.2) is 0 Å². The molecule has 0 bridgehead atoms. The normalized spacial score (nSPS) is 15.7. The minimum absolute atomic E-state index is 0. The van der Waals surface area contributed by atoms with Gasteiger partial charge in [0.05, 0.1) is 27.2 Å². The third kappa shape index (κ3) is 5.44. The zero-order chi connectivity index (χ0) is 13.9. The Balaban J connectivity index is 0. The first-order chi connectivity index (χ1) is 7.46. The number of carboxylic acid groups (broad SMARTS) is 1. The molecule has 0 spiro atoms. The van der Waals surface area contributed by atoms with Crippen LogP contribution in [0.3, 0.4) is 0 Å². The van der Waals surface area contributed by atoms with Gasteiger partial charge in [-0.3, -0.25) is 4.57 Å². The number of quaternary nitrogens is 1. The number of aliphatic hydroxyl groups is 1. The minimum atomic E-state index is -5.12. The molecule has 0 saturated heterocycles. The van der Waals surface area contributed by atoms with Crippen molar-refractivity contribution >= 4 is 26.2 Å². The molecule has 1 atom stereocenters. The molecule has 0 radical (unpaired) electrons. The second-order valence-electron chi connectivity index (χ2n) is 4.52. The fourth-order valence-corrected chi connectivity index (χ4v) is 2.40. The Labute approximate surface area is 117 Å². The zero-order valence-electron chi connectivity index (χ0n) is 10.2. The summed E-state index contributed by atoms with van der Waals surface area (Å²) in [5.74, 6) is -1.36. The van der Waals surface area contributed by atoms with Crippen molar-refractivity contribution in [1.82, 2.24) is 0 Å². The maximum atomic E-state index is 11.0. The van der Waals surface area contributed by atoms with E-state index in [9.17, 15) is 14.5 Å². The van der Waals surface area contributed by atoms with Gasteiger partial charge in [0.25, 0.3) is 5.34 Å². The van der Waals surface area contributed by atoms with Gasteiger partial charge < -0.3 is 36.9 Å². The van der Waals surface area contributed by atoms with Crippen LogP contribution in [0.5, 0.6) is 0 Å². The summed E-state index contributed by atoms with van der Waals surface area (Å²) < 4.78 is 11.3. The first kappa shape index (κ1) is 20.5. The van der Waals surface area contributed by atoms with Crippen molar-refractivity contribution < 1.29 is 46.2 Å². The van der Waals surface area contributed by atoms with Gasteiger partial charge >= 0.3 is 13.6 Å².